The van der Waals surface area contributed by atoms with E-state index in [0.29, 0.717) is 19.2 Å². The van der Waals surface area contributed by atoms with Crippen LogP contribution < -0.4 is 25.6 Å². The summed E-state index contributed by atoms with van der Waals surface area (Å²) < 4.78 is 73.5. The second kappa shape index (κ2) is 10.4. The number of hydrogen-bond acceptors (Lipinski definition) is 7. The molecule has 0 spiro atoms. The van der Waals surface area contributed by atoms with Crippen molar-refractivity contribution in [2.24, 2.45) is 0 Å². The molecule has 0 bridgehead atoms. The van der Waals surface area contributed by atoms with E-state index in [1.807, 2.05) is 0 Å². The van der Waals surface area contributed by atoms with Crippen molar-refractivity contribution >= 4 is 33.3 Å². The van der Waals surface area contributed by atoms with E-state index in [9.17, 15) is 36.3 Å². The smallest absolute Gasteiger partial charge is 0.416 e. The Balaban J connectivity index is 0.00000432. The van der Waals surface area contributed by atoms with E-state index in [-0.39, 0.29) is 42.3 Å². The lowest BCUT2D eigenvalue weighted by atomic mass is 10.1. The summed E-state index contributed by atoms with van der Waals surface area (Å²) in [5, 5.41) is 11.2. The number of methoxy groups -OCH3 is 1. The second-order valence-corrected chi connectivity index (χ2v) is 9.13. The fourth-order valence-corrected chi connectivity index (χ4v) is 4.81. The number of nitrogens with one attached hydrogen (secondary N) is 1. The molecule has 1 aliphatic rings. The van der Waals surface area contributed by atoms with Crippen molar-refractivity contribution < 1.29 is 41.0 Å². The first-order chi connectivity index (χ1) is 15.8. The molecule has 35 heavy (non-hydrogen) atoms. The van der Waals surface area contributed by atoms with Crippen molar-refractivity contribution in [2.45, 2.75) is 18.0 Å². The summed E-state index contributed by atoms with van der Waals surface area (Å²) in [6.45, 7) is 2.56. The van der Waals surface area contributed by atoms with Crippen molar-refractivity contribution in [2.75, 3.05) is 42.9 Å². The van der Waals surface area contributed by atoms with Gasteiger partial charge in [-0.15, -0.1) is 0 Å². The summed E-state index contributed by atoms with van der Waals surface area (Å²) in [4.78, 5) is 25.4. The summed E-state index contributed by atoms with van der Waals surface area (Å²) in [7, 11) is -3.42. The predicted molar refractivity (Wildman–Crippen MR) is 120 cm³/mol. The van der Waals surface area contributed by atoms with Crippen LogP contribution in [-0.2, 0) is 21.0 Å². The Morgan fingerprint density at radius 3 is 2.20 bits per heavy atom. The zero-order chi connectivity index (χ0) is 25.3. The number of nitrogens with zero attached hydrogens (tertiary/aromatic N) is 2. The standard InChI is InChI=1S/C21H22F3N3O6S.H3N/c1-13(28)26-7-9-27(10-8-26)17-5-4-15(21(22,23)24)12-16(17)25-34(31,32)19-11-14(20(29)30)3-6-18(19)33-2;/h3-6,11-12,25H,7-10H2,1-2H3,(H,29,30);1H3. The molecule has 3 rings (SSSR count). The minimum atomic E-state index is -4.74. The van der Waals surface area contributed by atoms with Gasteiger partial charge in [-0.05, 0) is 42.0 Å². The number of ether oxygens (including phenoxy) is 1. The fraction of sp³-hybridized carbons (Fsp3) is 0.333. The molecule has 0 aliphatic carbocycles. The third kappa shape index (κ3) is 6.14. The topological polar surface area (TPSA) is 156 Å². The number of aromatic carboxylic acids is 1. The Kier molecular flexibility index (Phi) is 8.23. The molecule has 0 atom stereocenters. The Labute approximate surface area is 199 Å². The molecular formula is C21H25F3N4O6S. The minimum Gasteiger partial charge on any atom is -0.545 e. The van der Waals surface area contributed by atoms with E-state index in [4.69, 9.17) is 4.74 Å². The number of sulfonamides is 1. The van der Waals surface area contributed by atoms with E-state index in [0.717, 1.165) is 37.4 Å². The van der Waals surface area contributed by atoms with Crippen molar-refractivity contribution in [3.05, 3.63) is 47.5 Å². The van der Waals surface area contributed by atoms with Gasteiger partial charge in [-0.25, -0.2) is 8.42 Å². The first-order valence-corrected chi connectivity index (χ1v) is 11.5. The van der Waals surface area contributed by atoms with Crippen LogP contribution in [0.5, 0.6) is 5.75 Å². The highest BCUT2D eigenvalue weighted by atomic mass is 32.2. The number of carboxylic acids is 1. The Morgan fingerprint density at radius 2 is 1.69 bits per heavy atom. The first kappa shape index (κ1) is 27.7. The number of carbonyl (C=O) groups excluding carboxylic acids is 2. The SMILES string of the molecule is COc1ccc(C(=O)[O-])cc1S(=O)(=O)Nc1cc(C(F)(F)F)ccc1N1CCN(C(C)=O)CC1.[NH4+]. The zero-order valence-corrected chi connectivity index (χ0v) is 20.0. The molecule has 2 aromatic rings. The van der Waals surface area contributed by atoms with Gasteiger partial charge in [-0.1, -0.05) is 0 Å². The number of piperazine rings is 1. The van der Waals surface area contributed by atoms with Crippen LogP contribution in [0.4, 0.5) is 24.5 Å². The van der Waals surface area contributed by atoms with Crippen LogP contribution in [0.25, 0.3) is 0 Å². The summed E-state index contributed by atoms with van der Waals surface area (Å²) in [6, 6.07) is 5.64. The lowest BCUT2D eigenvalue weighted by Crippen LogP contribution is -2.48. The van der Waals surface area contributed by atoms with E-state index >= 15 is 0 Å². The third-order valence-corrected chi connectivity index (χ3v) is 6.71. The van der Waals surface area contributed by atoms with Gasteiger partial charge < -0.3 is 30.6 Å². The highest BCUT2D eigenvalue weighted by Gasteiger charge is 2.33. The lowest BCUT2D eigenvalue weighted by molar-refractivity contribution is -0.255. The summed E-state index contributed by atoms with van der Waals surface area (Å²) in [5.74, 6) is -1.99. The maximum atomic E-state index is 13.4. The fourth-order valence-electron chi connectivity index (χ4n) is 3.55. The van der Waals surface area contributed by atoms with Gasteiger partial charge in [0.2, 0.25) is 5.91 Å². The van der Waals surface area contributed by atoms with Crippen molar-refractivity contribution in [3.8, 4) is 5.75 Å². The van der Waals surface area contributed by atoms with Gasteiger partial charge in [0, 0.05) is 33.1 Å². The quantitative estimate of drug-likeness (QED) is 0.592. The average Bonchev–Trinajstić information content (AvgIpc) is 2.77. The molecule has 2 aromatic carbocycles. The van der Waals surface area contributed by atoms with Gasteiger partial charge in [0.15, 0.2) is 0 Å². The monoisotopic (exact) mass is 518 g/mol. The molecule has 1 fully saturated rings. The number of anilines is 2. The number of amides is 1. The van der Waals surface area contributed by atoms with Gasteiger partial charge in [0.25, 0.3) is 10.0 Å². The highest BCUT2D eigenvalue weighted by Crippen LogP contribution is 2.37. The minimum absolute atomic E-state index is 0. The van der Waals surface area contributed by atoms with Crippen molar-refractivity contribution in [1.29, 1.82) is 0 Å². The molecule has 1 amide bonds. The molecule has 192 valence electrons. The van der Waals surface area contributed by atoms with Crippen LogP contribution in [-0.4, -0.2) is 58.5 Å². The average molecular weight is 519 g/mol. The third-order valence-electron chi connectivity index (χ3n) is 5.32. The van der Waals surface area contributed by atoms with Crippen LogP contribution in [0.2, 0.25) is 0 Å². The molecular weight excluding hydrogens is 493 g/mol. The molecule has 0 radical (unpaired) electrons. The number of halogens is 3. The van der Waals surface area contributed by atoms with Gasteiger partial charge in [0.1, 0.15) is 10.6 Å². The number of benzene rings is 2. The van der Waals surface area contributed by atoms with Gasteiger partial charge in [0.05, 0.1) is 30.0 Å². The normalized spacial score (nSPS) is 14.2. The molecule has 1 saturated heterocycles. The highest BCUT2D eigenvalue weighted by molar-refractivity contribution is 7.92. The number of alkyl halides is 3. The maximum Gasteiger partial charge on any atom is 0.416 e. The van der Waals surface area contributed by atoms with Crippen molar-refractivity contribution in [3.63, 3.8) is 0 Å². The Morgan fingerprint density at radius 1 is 1.06 bits per heavy atom. The van der Waals surface area contributed by atoms with E-state index in [1.54, 1.807) is 9.80 Å². The molecule has 0 aromatic heterocycles. The van der Waals surface area contributed by atoms with Gasteiger partial charge in [-0.3, -0.25) is 9.52 Å². The van der Waals surface area contributed by atoms with Crippen molar-refractivity contribution in [1.82, 2.24) is 11.1 Å². The van der Waals surface area contributed by atoms with Crippen LogP contribution in [0.3, 0.4) is 0 Å². The number of quaternary nitrogens is 1. The molecule has 0 unspecified atom stereocenters. The predicted octanol–water partition coefficient (Wildman–Crippen LogP) is 1.92. The molecule has 5 N–H and O–H groups in total. The number of hydrogen-bond donors (Lipinski definition) is 2. The van der Waals surface area contributed by atoms with Crippen LogP contribution in [0.15, 0.2) is 41.3 Å². The van der Waals surface area contributed by atoms with E-state index < -0.39 is 38.2 Å². The molecule has 1 heterocycles. The van der Waals surface area contributed by atoms with E-state index in [1.165, 1.54) is 6.92 Å². The van der Waals surface area contributed by atoms with E-state index in [2.05, 4.69) is 4.72 Å². The van der Waals surface area contributed by atoms with Crippen LogP contribution in [0, 0.1) is 0 Å². The molecule has 14 heteroatoms. The molecule has 10 nitrogen and oxygen atoms in total. The zero-order valence-electron chi connectivity index (χ0n) is 19.2. The van der Waals surface area contributed by atoms with Gasteiger partial charge >= 0.3 is 6.18 Å². The summed E-state index contributed by atoms with van der Waals surface area (Å²) >= 11 is 0. The van der Waals surface area contributed by atoms with Crippen LogP contribution >= 0.6 is 0 Å². The number of rotatable bonds is 6. The lowest BCUT2D eigenvalue weighted by Gasteiger charge is -2.36. The second-order valence-electron chi connectivity index (χ2n) is 7.48. The largest absolute Gasteiger partial charge is 0.545 e. The van der Waals surface area contributed by atoms with Gasteiger partial charge in [-0.2, -0.15) is 13.2 Å². The summed E-state index contributed by atoms with van der Waals surface area (Å²) in [5.41, 5.74) is -1.71. The Bertz CT molecular complexity index is 1210. The number of carboxylic acid groups (broad SMARTS) is 1. The number of carbonyl (C=O) groups is 2. The Hall–Kier alpha value is -3.52. The maximum absolute atomic E-state index is 13.4. The molecule has 0 saturated carbocycles. The van der Waals surface area contributed by atoms with Crippen LogP contribution in [0.1, 0.15) is 22.8 Å². The first-order valence-electron chi connectivity index (χ1n) is 9.97. The summed E-state index contributed by atoms with van der Waals surface area (Å²) in [6.07, 6.45) is -4.74. The molecule has 1 aliphatic heterocycles.